The number of hydrogen-bond donors (Lipinski definition) is 2. The minimum Gasteiger partial charge on any atom is -0.464 e. The molecule has 1 aliphatic rings. The molecule has 1 aliphatic carbocycles. The maximum atomic E-state index is 12.3. The summed E-state index contributed by atoms with van der Waals surface area (Å²) >= 11 is 3.30. The van der Waals surface area contributed by atoms with Crippen LogP contribution in [0.5, 0.6) is 0 Å². The molecule has 0 aromatic rings. The predicted molar refractivity (Wildman–Crippen MR) is 72.5 cm³/mol. The van der Waals surface area contributed by atoms with Gasteiger partial charge in [-0.2, -0.15) is 0 Å². The van der Waals surface area contributed by atoms with E-state index in [0.717, 1.165) is 38.5 Å². The second-order valence-electron chi connectivity index (χ2n) is 5.21. The molecule has 1 saturated carbocycles. The Morgan fingerprint density at radius 1 is 1.22 bits per heavy atom. The molecule has 0 saturated heterocycles. The molecular formula is C12H21BrN2O3. The largest absolute Gasteiger partial charge is 0.464 e. The van der Waals surface area contributed by atoms with Crippen LogP contribution in [0.4, 0.5) is 4.79 Å². The third-order valence-corrected chi connectivity index (χ3v) is 3.47. The molecule has 0 aromatic carbocycles. The van der Waals surface area contributed by atoms with Gasteiger partial charge in [0.1, 0.15) is 4.32 Å². The molecule has 1 fully saturated rings. The van der Waals surface area contributed by atoms with E-state index >= 15 is 0 Å². The number of nitrogens with one attached hydrogen (secondary N) is 1. The minimum atomic E-state index is -1.19. The lowest BCUT2D eigenvalue weighted by Crippen LogP contribution is -2.56. The summed E-state index contributed by atoms with van der Waals surface area (Å²) in [7, 11) is 0. The summed E-state index contributed by atoms with van der Waals surface area (Å²) in [5.41, 5.74) is 2.25. The number of rotatable bonds is 2. The van der Waals surface area contributed by atoms with Gasteiger partial charge in [0, 0.05) is 0 Å². The van der Waals surface area contributed by atoms with Crippen LogP contribution in [0.2, 0.25) is 0 Å². The van der Waals surface area contributed by atoms with Gasteiger partial charge >= 0.3 is 6.09 Å². The average Bonchev–Trinajstić information content (AvgIpc) is 2.51. The van der Waals surface area contributed by atoms with Crippen LogP contribution in [0.25, 0.3) is 0 Å². The number of hydrogen-bond acceptors (Lipinski definition) is 2. The van der Waals surface area contributed by atoms with Crippen molar-refractivity contribution < 1.29 is 14.7 Å². The highest BCUT2D eigenvalue weighted by Crippen LogP contribution is 2.25. The lowest BCUT2D eigenvalue weighted by Gasteiger charge is -2.34. The number of halogens is 1. The summed E-state index contributed by atoms with van der Waals surface area (Å²) in [5.74, 6) is -0.239. The van der Waals surface area contributed by atoms with Crippen molar-refractivity contribution in [2.24, 2.45) is 0 Å². The van der Waals surface area contributed by atoms with Gasteiger partial charge in [-0.1, -0.05) is 41.6 Å². The van der Waals surface area contributed by atoms with Crippen LogP contribution < -0.4 is 5.43 Å². The zero-order valence-electron chi connectivity index (χ0n) is 10.9. The molecule has 0 spiro atoms. The first-order valence-electron chi connectivity index (χ1n) is 6.34. The van der Waals surface area contributed by atoms with Gasteiger partial charge in [0.05, 0.1) is 6.04 Å². The van der Waals surface area contributed by atoms with Crippen molar-refractivity contribution >= 4 is 27.9 Å². The number of carbonyl (C=O) groups is 2. The maximum Gasteiger partial charge on any atom is 0.423 e. The molecule has 18 heavy (non-hydrogen) atoms. The van der Waals surface area contributed by atoms with E-state index in [2.05, 4.69) is 21.4 Å². The zero-order chi connectivity index (χ0) is 13.8. The Labute approximate surface area is 116 Å². The molecule has 0 aliphatic heterocycles. The highest BCUT2D eigenvalue weighted by atomic mass is 79.9. The van der Waals surface area contributed by atoms with Crippen LogP contribution in [-0.4, -0.2) is 32.5 Å². The fourth-order valence-corrected chi connectivity index (χ4v) is 2.40. The van der Waals surface area contributed by atoms with Crippen molar-refractivity contribution in [3.05, 3.63) is 0 Å². The van der Waals surface area contributed by atoms with Crippen molar-refractivity contribution in [2.45, 2.75) is 62.7 Å². The van der Waals surface area contributed by atoms with Gasteiger partial charge in [0.15, 0.2) is 0 Å². The van der Waals surface area contributed by atoms with Gasteiger partial charge in [-0.15, -0.1) is 0 Å². The Morgan fingerprint density at radius 3 is 2.11 bits per heavy atom. The van der Waals surface area contributed by atoms with Gasteiger partial charge in [0.25, 0.3) is 5.91 Å². The summed E-state index contributed by atoms with van der Waals surface area (Å²) in [6.07, 6.45) is 4.91. The molecule has 0 heterocycles. The predicted octanol–water partition coefficient (Wildman–Crippen LogP) is 2.89. The van der Waals surface area contributed by atoms with Crippen LogP contribution in [-0.2, 0) is 4.79 Å². The van der Waals surface area contributed by atoms with Gasteiger partial charge in [-0.05, 0) is 26.7 Å². The highest BCUT2D eigenvalue weighted by molar-refractivity contribution is 9.10. The van der Waals surface area contributed by atoms with Gasteiger partial charge in [-0.25, -0.2) is 15.2 Å². The van der Waals surface area contributed by atoms with Crippen molar-refractivity contribution in [2.75, 3.05) is 0 Å². The van der Waals surface area contributed by atoms with E-state index in [9.17, 15) is 9.59 Å². The fourth-order valence-electron chi connectivity index (χ4n) is 2.21. The van der Waals surface area contributed by atoms with Gasteiger partial charge in [0.2, 0.25) is 0 Å². The molecule has 0 aromatic heterocycles. The monoisotopic (exact) mass is 320 g/mol. The lowest BCUT2D eigenvalue weighted by molar-refractivity contribution is -0.138. The van der Waals surface area contributed by atoms with Crippen molar-refractivity contribution in [1.82, 2.24) is 10.4 Å². The first kappa shape index (κ1) is 15.3. The Morgan fingerprint density at radius 2 is 1.72 bits per heavy atom. The zero-order valence-corrected chi connectivity index (χ0v) is 12.5. The smallest absolute Gasteiger partial charge is 0.423 e. The number of carbonyl (C=O) groups excluding carboxylic acids is 1. The third kappa shape index (κ3) is 4.48. The van der Waals surface area contributed by atoms with Crippen molar-refractivity contribution in [1.29, 1.82) is 0 Å². The normalized spacial score (nSPS) is 17.9. The second-order valence-corrected chi connectivity index (χ2v) is 7.19. The first-order chi connectivity index (χ1) is 8.32. The molecular weight excluding hydrogens is 300 g/mol. The fraction of sp³-hybridized carbons (Fsp3) is 0.833. The summed E-state index contributed by atoms with van der Waals surface area (Å²) in [6.45, 7) is 3.45. The van der Waals surface area contributed by atoms with E-state index in [0.29, 0.717) is 0 Å². The topological polar surface area (TPSA) is 69.6 Å². The minimum absolute atomic E-state index is 0.0343. The van der Waals surface area contributed by atoms with Crippen molar-refractivity contribution in [3.63, 3.8) is 0 Å². The molecule has 2 N–H and O–H groups in total. The van der Waals surface area contributed by atoms with Crippen LogP contribution in [0.3, 0.4) is 0 Å². The molecule has 0 atom stereocenters. The third-order valence-electron chi connectivity index (χ3n) is 3.13. The number of alkyl halides is 1. The van der Waals surface area contributed by atoms with Crippen LogP contribution >= 0.6 is 15.9 Å². The lowest BCUT2D eigenvalue weighted by atomic mass is 10.1. The molecule has 0 unspecified atom stereocenters. The SMILES string of the molecule is CC(C)(Br)C(=O)N(NC(=O)O)C1CCCCCC1. The van der Waals surface area contributed by atoms with E-state index < -0.39 is 10.4 Å². The number of nitrogens with zero attached hydrogens (tertiary/aromatic N) is 1. The Hall–Kier alpha value is -0.780. The van der Waals surface area contributed by atoms with Gasteiger partial charge in [-0.3, -0.25) is 4.79 Å². The summed E-state index contributed by atoms with van der Waals surface area (Å²) in [5, 5.41) is 10.2. The second kappa shape index (κ2) is 6.41. The molecule has 1 rings (SSSR count). The Balaban J connectivity index is 2.82. The number of hydrazine groups is 1. The first-order valence-corrected chi connectivity index (χ1v) is 7.14. The molecule has 5 nitrogen and oxygen atoms in total. The summed E-state index contributed by atoms with van der Waals surface area (Å²) < 4.78 is -0.762. The molecule has 6 heteroatoms. The highest BCUT2D eigenvalue weighted by Gasteiger charge is 2.34. The number of amides is 2. The quantitative estimate of drug-likeness (QED) is 0.467. The standard InChI is InChI=1S/C12H21BrN2O3/c1-12(2,13)10(16)15(14-11(17)18)9-7-5-3-4-6-8-9/h9,14H,3-8H2,1-2H3,(H,17,18). The van der Waals surface area contributed by atoms with Crippen LogP contribution in [0.15, 0.2) is 0 Å². The number of carboxylic acid groups (broad SMARTS) is 1. The molecule has 0 bridgehead atoms. The van der Waals surface area contributed by atoms with E-state index in [1.165, 1.54) is 5.01 Å². The molecule has 0 radical (unpaired) electrons. The van der Waals surface area contributed by atoms with Crippen LogP contribution in [0.1, 0.15) is 52.4 Å². The van der Waals surface area contributed by atoms with E-state index in [1.807, 2.05) is 0 Å². The van der Waals surface area contributed by atoms with Gasteiger partial charge < -0.3 is 5.11 Å². The molecule has 104 valence electrons. The summed E-state index contributed by atoms with van der Waals surface area (Å²) in [4.78, 5) is 23.1. The van der Waals surface area contributed by atoms with Crippen LogP contribution in [0, 0.1) is 0 Å². The maximum absolute atomic E-state index is 12.3. The Kier molecular flexibility index (Phi) is 5.44. The van der Waals surface area contributed by atoms with E-state index in [4.69, 9.17) is 5.11 Å². The van der Waals surface area contributed by atoms with Crippen molar-refractivity contribution in [3.8, 4) is 0 Å². The Bertz CT molecular complexity index is 307. The summed E-state index contributed by atoms with van der Waals surface area (Å²) in [6, 6.07) is -0.0343. The van der Waals surface area contributed by atoms with E-state index in [-0.39, 0.29) is 11.9 Å². The molecule has 2 amide bonds. The average molecular weight is 321 g/mol. The van der Waals surface area contributed by atoms with E-state index in [1.54, 1.807) is 13.8 Å².